The van der Waals surface area contributed by atoms with E-state index in [2.05, 4.69) is 45.3 Å². The topological polar surface area (TPSA) is 12.0 Å². The maximum atomic E-state index is 3.37. The molecule has 1 nitrogen and oxygen atoms in total. The molecule has 0 heterocycles. The first kappa shape index (κ1) is 11.9. The SMILES string of the molecule is CCC1C=C(C2CC(NC)C2)C=C(C)C1C. The Hall–Kier alpha value is -0.560. The number of allylic oxidation sites excluding steroid dienone is 4. The lowest BCUT2D eigenvalue weighted by atomic mass is 9.70. The van der Waals surface area contributed by atoms with Crippen LogP contribution in [0.3, 0.4) is 0 Å². The first-order chi connectivity index (χ1) is 7.65. The van der Waals surface area contributed by atoms with Crippen LogP contribution in [0.1, 0.15) is 40.0 Å². The zero-order valence-electron chi connectivity index (χ0n) is 11.1. The predicted molar refractivity (Wildman–Crippen MR) is 70.4 cm³/mol. The van der Waals surface area contributed by atoms with Crippen molar-refractivity contribution >= 4 is 0 Å². The van der Waals surface area contributed by atoms with Gasteiger partial charge < -0.3 is 5.32 Å². The van der Waals surface area contributed by atoms with Crippen LogP contribution in [0.15, 0.2) is 23.3 Å². The first-order valence-electron chi connectivity index (χ1n) is 6.72. The minimum atomic E-state index is 0.744. The smallest absolute Gasteiger partial charge is 0.00757 e. The average molecular weight is 219 g/mol. The highest BCUT2D eigenvalue weighted by Gasteiger charge is 2.32. The summed E-state index contributed by atoms with van der Waals surface area (Å²) in [5.74, 6) is 2.34. The lowest BCUT2D eigenvalue weighted by Crippen LogP contribution is -2.40. The van der Waals surface area contributed by atoms with E-state index in [4.69, 9.17) is 0 Å². The highest BCUT2D eigenvalue weighted by molar-refractivity contribution is 5.33. The van der Waals surface area contributed by atoms with Gasteiger partial charge in [-0.05, 0) is 56.6 Å². The Morgan fingerprint density at radius 2 is 2.06 bits per heavy atom. The molecule has 1 fully saturated rings. The molecule has 0 radical (unpaired) electrons. The van der Waals surface area contributed by atoms with Crippen molar-refractivity contribution in [2.75, 3.05) is 7.05 Å². The standard InChI is InChI=1S/C15H25N/c1-5-12-7-13(6-10(2)11(12)3)14-8-15(9-14)16-4/h6-7,11-12,14-16H,5,8-9H2,1-4H3. The maximum absolute atomic E-state index is 3.37. The highest BCUT2D eigenvalue weighted by atomic mass is 14.9. The second-order valence-electron chi connectivity index (χ2n) is 5.57. The van der Waals surface area contributed by atoms with E-state index in [-0.39, 0.29) is 0 Å². The van der Waals surface area contributed by atoms with Gasteiger partial charge in [-0.15, -0.1) is 0 Å². The zero-order valence-corrected chi connectivity index (χ0v) is 11.1. The lowest BCUT2D eigenvalue weighted by molar-refractivity contribution is 0.270. The van der Waals surface area contributed by atoms with Crippen LogP contribution in [0.4, 0.5) is 0 Å². The van der Waals surface area contributed by atoms with Gasteiger partial charge in [0.05, 0.1) is 0 Å². The fourth-order valence-corrected chi connectivity index (χ4v) is 3.02. The number of hydrogen-bond acceptors (Lipinski definition) is 1. The van der Waals surface area contributed by atoms with Crippen LogP contribution in [0.2, 0.25) is 0 Å². The molecule has 2 aliphatic rings. The Morgan fingerprint density at radius 3 is 2.62 bits per heavy atom. The molecule has 1 saturated carbocycles. The Kier molecular flexibility index (Phi) is 3.53. The van der Waals surface area contributed by atoms with Gasteiger partial charge in [0.25, 0.3) is 0 Å². The van der Waals surface area contributed by atoms with Crippen LogP contribution in [0.25, 0.3) is 0 Å². The molecule has 2 aliphatic carbocycles. The Bertz CT molecular complexity index is 307. The molecule has 0 aliphatic heterocycles. The zero-order chi connectivity index (χ0) is 11.7. The molecule has 0 aromatic heterocycles. The second kappa shape index (κ2) is 4.75. The normalized spacial score (nSPS) is 38.8. The van der Waals surface area contributed by atoms with Gasteiger partial charge >= 0.3 is 0 Å². The molecule has 0 aromatic rings. The number of hydrogen-bond donors (Lipinski definition) is 1. The largest absolute Gasteiger partial charge is 0.317 e. The van der Waals surface area contributed by atoms with Gasteiger partial charge in [0, 0.05) is 6.04 Å². The van der Waals surface area contributed by atoms with Crippen molar-refractivity contribution in [1.82, 2.24) is 5.32 Å². The summed E-state index contributed by atoms with van der Waals surface area (Å²) in [4.78, 5) is 0. The molecule has 1 N–H and O–H groups in total. The van der Waals surface area contributed by atoms with Gasteiger partial charge in [0.1, 0.15) is 0 Å². The van der Waals surface area contributed by atoms with Gasteiger partial charge in [-0.1, -0.05) is 31.6 Å². The Labute approximate surface area is 100 Å². The third-order valence-corrected chi connectivity index (χ3v) is 4.65. The van der Waals surface area contributed by atoms with Gasteiger partial charge in [-0.25, -0.2) is 0 Å². The van der Waals surface area contributed by atoms with Crippen molar-refractivity contribution in [2.45, 2.75) is 46.1 Å². The summed E-state index contributed by atoms with van der Waals surface area (Å²) in [6, 6.07) is 0.763. The van der Waals surface area contributed by atoms with Gasteiger partial charge in [0.15, 0.2) is 0 Å². The molecular formula is C15H25N. The van der Waals surface area contributed by atoms with E-state index in [0.717, 1.165) is 23.8 Å². The van der Waals surface area contributed by atoms with E-state index >= 15 is 0 Å². The fourth-order valence-electron chi connectivity index (χ4n) is 3.02. The van der Waals surface area contributed by atoms with Crippen LogP contribution >= 0.6 is 0 Å². The molecule has 16 heavy (non-hydrogen) atoms. The van der Waals surface area contributed by atoms with E-state index in [1.165, 1.54) is 19.3 Å². The summed E-state index contributed by atoms with van der Waals surface area (Å²) >= 11 is 0. The molecule has 2 unspecified atom stereocenters. The van der Waals surface area contributed by atoms with E-state index in [1.807, 2.05) is 0 Å². The molecule has 0 saturated heterocycles. The third kappa shape index (κ3) is 2.10. The van der Waals surface area contributed by atoms with E-state index in [1.54, 1.807) is 11.1 Å². The summed E-state index contributed by atoms with van der Waals surface area (Å²) < 4.78 is 0. The van der Waals surface area contributed by atoms with Crippen molar-refractivity contribution < 1.29 is 0 Å². The van der Waals surface area contributed by atoms with E-state index < -0.39 is 0 Å². The van der Waals surface area contributed by atoms with Crippen molar-refractivity contribution in [3.05, 3.63) is 23.3 Å². The van der Waals surface area contributed by atoms with Crippen molar-refractivity contribution in [3.8, 4) is 0 Å². The van der Waals surface area contributed by atoms with Crippen LogP contribution in [-0.2, 0) is 0 Å². The summed E-state index contributed by atoms with van der Waals surface area (Å²) in [7, 11) is 2.08. The molecule has 2 rings (SSSR count). The van der Waals surface area contributed by atoms with Crippen molar-refractivity contribution in [1.29, 1.82) is 0 Å². The summed E-state index contributed by atoms with van der Waals surface area (Å²) in [6.45, 7) is 6.98. The van der Waals surface area contributed by atoms with Crippen LogP contribution in [0, 0.1) is 17.8 Å². The van der Waals surface area contributed by atoms with Crippen LogP contribution in [-0.4, -0.2) is 13.1 Å². The maximum Gasteiger partial charge on any atom is 0.00757 e. The van der Waals surface area contributed by atoms with Crippen molar-refractivity contribution in [3.63, 3.8) is 0 Å². The number of rotatable bonds is 3. The quantitative estimate of drug-likeness (QED) is 0.765. The molecule has 0 bridgehead atoms. The Balaban J connectivity index is 2.05. The highest BCUT2D eigenvalue weighted by Crippen LogP contribution is 2.40. The third-order valence-electron chi connectivity index (χ3n) is 4.65. The molecule has 1 heteroatoms. The minimum absolute atomic E-state index is 0.744. The predicted octanol–water partition coefficient (Wildman–Crippen LogP) is 3.53. The first-order valence-corrected chi connectivity index (χ1v) is 6.72. The van der Waals surface area contributed by atoms with E-state index in [9.17, 15) is 0 Å². The summed E-state index contributed by atoms with van der Waals surface area (Å²) in [5.41, 5.74) is 3.20. The molecule has 0 aromatic carbocycles. The van der Waals surface area contributed by atoms with Gasteiger partial charge in [-0.3, -0.25) is 0 Å². The number of nitrogens with one attached hydrogen (secondary N) is 1. The summed E-state index contributed by atoms with van der Waals surface area (Å²) in [6.07, 6.45) is 8.94. The molecule has 2 atom stereocenters. The molecule has 90 valence electrons. The van der Waals surface area contributed by atoms with E-state index in [0.29, 0.717) is 0 Å². The average Bonchev–Trinajstić information content (AvgIpc) is 2.21. The summed E-state index contributed by atoms with van der Waals surface area (Å²) in [5, 5.41) is 3.37. The second-order valence-corrected chi connectivity index (χ2v) is 5.57. The molecule has 0 spiro atoms. The monoisotopic (exact) mass is 219 g/mol. The van der Waals surface area contributed by atoms with Crippen LogP contribution in [0.5, 0.6) is 0 Å². The fraction of sp³-hybridized carbons (Fsp3) is 0.733. The lowest BCUT2D eigenvalue weighted by Gasteiger charge is -2.39. The minimum Gasteiger partial charge on any atom is -0.317 e. The Morgan fingerprint density at radius 1 is 1.38 bits per heavy atom. The van der Waals surface area contributed by atoms with Gasteiger partial charge in [-0.2, -0.15) is 0 Å². The molecular weight excluding hydrogens is 194 g/mol. The van der Waals surface area contributed by atoms with Crippen molar-refractivity contribution in [2.24, 2.45) is 17.8 Å². The molecule has 0 amide bonds. The van der Waals surface area contributed by atoms with Gasteiger partial charge in [0.2, 0.25) is 0 Å². The van der Waals surface area contributed by atoms with Crippen LogP contribution < -0.4 is 5.32 Å².